The molecule has 2 aliphatic rings. The van der Waals surface area contributed by atoms with E-state index < -0.39 is 5.97 Å². The van der Waals surface area contributed by atoms with Gasteiger partial charge in [0.1, 0.15) is 0 Å². The van der Waals surface area contributed by atoms with Crippen molar-refractivity contribution in [3.8, 4) is 0 Å². The Balaban J connectivity index is 1.55. The average molecular weight is 422 g/mol. The molecular formula is C20H37N5O4. The van der Waals surface area contributed by atoms with Crippen molar-refractivity contribution in [2.24, 2.45) is 0 Å². The third kappa shape index (κ3) is 9.56. The molecule has 2 aliphatic heterocycles. The molecule has 0 aliphatic carbocycles. The van der Waals surface area contributed by atoms with Gasteiger partial charge in [0.2, 0.25) is 11.8 Å². The number of piperazine rings is 1. The summed E-state index contributed by atoms with van der Waals surface area (Å²) in [6.07, 6.45) is 3.71. The summed E-state index contributed by atoms with van der Waals surface area (Å²) in [7, 11) is 2.16. The maximum atomic E-state index is 12.3. The topological polar surface area (TPSA) is 105 Å². The van der Waals surface area contributed by atoms with Gasteiger partial charge in [0.05, 0.1) is 6.54 Å². The molecule has 29 heavy (non-hydrogen) atoms. The number of carboxylic acid groups (broad SMARTS) is 1. The van der Waals surface area contributed by atoms with E-state index in [1.807, 2.05) is 0 Å². The molecule has 0 radical (unpaired) electrons. The van der Waals surface area contributed by atoms with E-state index in [2.05, 4.69) is 32.4 Å². The van der Waals surface area contributed by atoms with Crippen LogP contribution < -0.4 is 10.6 Å². The minimum absolute atomic E-state index is 0.0251. The lowest BCUT2D eigenvalue weighted by Crippen LogP contribution is -2.50. The predicted molar refractivity (Wildman–Crippen MR) is 111 cm³/mol. The quantitative estimate of drug-likeness (QED) is 0.223. The van der Waals surface area contributed by atoms with Gasteiger partial charge < -0.3 is 20.6 Å². The number of nitrogens with one attached hydrogen (secondary N) is 2. The molecule has 1 atom stereocenters. The monoisotopic (exact) mass is 422 g/mol. The van der Waals surface area contributed by atoms with Crippen LogP contribution in [0.1, 0.15) is 38.5 Å². The lowest BCUT2D eigenvalue weighted by Gasteiger charge is -2.36. The number of likely N-dealkylation sites (N-methyl/N-ethyl adjacent to an activating group) is 1. The summed E-state index contributed by atoms with van der Waals surface area (Å²) in [5.41, 5.74) is 0. The van der Waals surface area contributed by atoms with Gasteiger partial charge in [0, 0.05) is 64.7 Å². The number of likely N-dealkylation sites (tertiary alicyclic amines) is 1. The Bertz CT molecular complexity index is 537. The van der Waals surface area contributed by atoms with Crippen LogP contribution in [0.25, 0.3) is 0 Å². The van der Waals surface area contributed by atoms with Crippen LogP contribution in [0.3, 0.4) is 0 Å². The standard InChI is InChI=1S/C20H37N5O4/c1-23-11-13-24(14-12-23)15-17-5-4-10-25(17)16-19(27)22-8-2-6-18(26)21-9-3-7-20(28)29/h17H,2-16H2,1H3,(H,21,26)(H,22,27)(H,28,29)/i2+1,6+1,7+1,8+1,11+1,13+1,18+1,19+1,20+1,22+1,25+1. The summed E-state index contributed by atoms with van der Waals surface area (Å²) in [6, 6.07) is 0.459. The number of amides is 2. The average Bonchev–Trinajstić information content (AvgIpc) is 3.10. The molecule has 1 unspecified atom stereocenters. The van der Waals surface area contributed by atoms with Gasteiger partial charge in [-0.3, -0.25) is 24.2 Å². The molecule has 2 fully saturated rings. The Labute approximate surface area is 173 Å². The molecule has 2 saturated heterocycles. The second kappa shape index (κ2) is 12.8. The number of hydrogen-bond acceptors (Lipinski definition) is 6. The SMILES string of the molecule is CN1CCN(CC2CCC[15N]2C[13C](=O)[15NH][13CH2][13CH2][13CH2][13C](=O)NCC[13CH2][13C](=O)O)[13CH2][13CH2]1. The zero-order valence-corrected chi connectivity index (χ0v) is 17.7. The van der Waals surface area contributed by atoms with E-state index in [1.165, 1.54) is 0 Å². The highest BCUT2D eigenvalue weighted by Crippen LogP contribution is 2.18. The maximum absolute atomic E-state index is 12.3. The van der Waals surface area contributed by atoms with E-state index in [-0.39, 0.29) is 18.2 Å². The van der Waals surface area contributed by atoms with Crippen LogP contribution in [0.4, 0.5) is 0 Å². The van der Waals surface area contributed by atoms with Crippen LogP contribution in [-0.4, -0.2) is 110 Å². The van der Waals surface area contributed by atoms with Crippen molar-refractivity contribution >= 4 is 17.8 Å². The van der Waals surface area contributed by atoms with E-state index in [1.54, 1.807) is 0 Å². The third-order valence-corrected chi connectivity index (χ3v) is 5.70. The first-order valence-corrected chi connectivity index (χ1v) is 10.8. The van der Waals surface area contributed by atoms with E-state index >= 15 is 0 Å². The molecule has 2 amide bonds. The number of aliphatic carboxylic acids is 1. The van der Waals surface area contributed by atoms with Crippen LogP contribution in [0.5, 0.6) is 0 Å². The van der Waals surface area contributed by atoms with Gasteiger partial charge in [-0.05, 0) is 39.3 Å². The van der Waals surface area contributed by atoms with E-state index in [0.29, 0.717) is 44.9 Å². The molecule has 0 aromatic carbocycles. The maximum Gasteiger partial charge on any atom is 0.303 e. The number of carboxylic acids is 1. The molecule has 0 saturated carbocycles. The van der Waals surface area contributed by atoms with Gasteiger partial charge in [0.25, 0.3) is 0 Å². The molecule has 9 heteroatoms. The number of nitrogens with zero attached hydrogens (tertiary/aromatic N) is 3. The fraction of sp³-hybridized carbons (Fsp3) is 0.850. The Kier molecular flexibility index (Phi) is 10.4. The molecule has 3 N–H and O–H groups in total. The van der Waals surface area contributed by atoms with Crippen LogP contribution in [0, 0.1) is 0 Å². The summed E-state index contributed by atoms with van der Waals surface area (Å²) in [5.74, 6) is -0.931. The van der Waals surface area contributed by atoms with Gasteiger partial charge >= 0.3 is 5.97 Å². The Morgan fingerprint density at radius 3 is 2.28 bits per heavy atom. The van der Waals surface area contributed by atoms with E-state index in [4.69, 9.17) is 5.11 Å². The first kappa shape index (κ1) is 23.6. The number of hydrogen-bond donors (Lipinski definition) is 3. The molecule has 9 nitrogen and oxygen atoms in total. The minimum Gasteiger partial charge on any atom is -0.481 e. The highest BCUT2D eigenvalue weighted by atomic mass is 16.5. The number of carbonyl (C=O) groups is 3. The lowest BCUT2D eigenvalue weighted by molar-refractivity contribution is -0.137. The molecule has 0 aromatic rings. The Morgan fingerprint density at radius 1 is 0.931 bits per heavy atom. The lowest BCUT2D eigenvalue weighted by atomic mass is 10.2. The summed E-state index contributed by atoms with van der Waals surface area (Å²) in [5, 5.41) is 14.2. The fourth-order valence-electron chi connectivity index (χ4n) is 3.91. The van der Waals surface area contributed by atoms with Crippen molar-refractivity contribution < 1.29 is 19.5 Å². The van der Waals surface area contributed by atoms with Gasteiger partial charge in [-0.2, -0.15) is 0 Å². The first-order valence-electron chi connectivity index (χ1n) is 10.8. The Hall–Kier alpha value is -1.71. The van der Waals surface area contributed by atoms with Crippen molar-refractivity contribution in [1.82, 2.24) is 25.3 Å². The van der Waals surface area contributed by atoms with Crippen LogP contribution >= 0.6 is 0 Å². The highest BCUT2D eigenvalue weighted by Gasteiger charge is 2.28. The summed E-state index contributed by atoms with van der Waals surface area (Å²) < 4.78 is 0. The second-order valence-electron chi connectivity index (χ2n) is 8.17. The van der Waals surface area contributed by atoms with Gasteiger partial charge in [-0.1, -0.05) is 0 Å². The zero-order chi connectivity index (χ0) is 21.1. The molecular weight excluding hydrogens is 385 g/mol. The largest absolute Gasteiger partial charge is 0.481 e. The summed E-state index contributed by atoms with van der Waals surface area (Å²) in [6.45, 7) is 7.74. The normalized spacial score (nSPS) is 21.2. The number of rotatable bonds is 12. The Morgan fingerprint density at radius 2 is 1.59 bits per heavy atom. The van der Waals surface area contributed by atoms with Crippen molar-refractivity contribution in [1.29, 1.82) is 0 Å². The molecule has 2 rings (SSSR count). The molecule has 0 aromatic heterocycles. The van der Waals surface area contributed by atoms with Gasteiger partial charge in [-0.25, -0.2) is 0 Å². The third-order valence-electron chi connectivity index (χ3n) is 5.70. The fourth-order valence-corrected chi connectivity index (χ4v) is 3.91. The smallest absolute Gasteiger partial charge is 0.303 e. The van der Waals surface area contributed by atoms with Crippen molar-refractivity contribution in [3.63, 3.8) is 0 Å². The molecule has 0 spiro atoms. The van der Waals surface area contributed by atoms with Gasteiger partial charge in [0.15, 0.2) is 0 Å². The van der Waals surface area contributed by atoms with Crippen molar-refractivity contribution in [2.75, 3.05) is 66.0 Å². The van der Waals surface area contributed by atoms with E-state index in [0.717, 1.165) is 52.1 Å². The van der Waals surface area contributed by atoms with Gasteiger partial charge in [-0.15, -0.1) is 0 Å². The summed E-state index contributed by atoms with van der Waals surface area (Å²) >= 11 is 0. The first-order chi connectivity index (χ1) is 13.9. The summed E-state index contributed by atoms with van der Waals surface area (Å²) in [4.78, 5) is 41.5. The number of carbonyl (C=O) groups excluding carboxylic acids is 2. The minimum atomic E-state index is -0.856. The van der Waals surface area contributed by atoms with Crippen LogP contribution in [0.15, 0.2) is 0 Å². The van der Waals surface area contributed by atoms with Crippen LogP contribution in [0.2, 0.25) is 0 Å². The molecule has 166 valence electrons. The van der Waals surface area contributed by atoms with Crippen molar-refractivity contribution in [3.05, 3.63) is 0 Å². The molecule has 2 heterocycles. The van der Waals surface area contributed by atoms with Crippen LogP contribution in [-0.2, 0) is 14.4 Å². The van der Waals surface area contributed by atoms with Crippen molar-refractivity contribution in [2.45, 2.75) is 44.6 Å². The van der Waals surface area contributed by atoms with E-state index in [9.17, 15) is 14.4 Å². The predicted octanol–water partition coefficient (Wildman–Crippen LogP) is -0.424. The zero-order valence-electron chi connectivity index (χ0n) is 17.7. The molecule has 0 bridgehead atoms. The second-order valence-corrected chi connectivity index (χ2v) is 8.17. The highest BCUT2D eigenvalue weighted by molar-refractivity contribution is 5.78.